The number of nitrogens with one attached hydrogen (secondary N) is 2. The van der Waals surface area contributed by atoms with E-state index in [1.54, 1.807) is 24.3 Å². The van der Waals surface area contributed by atoms with E-state index in [0.717, 1.165) is 44.8 Å². The predicted molar refractivity (Wildman–Crippen MR) is 114 cm³/mol. The number of anilines is 1. The number of rotatable bonds is 6. The standard InChI is InChI=1S/C23H25N3O4/c27-22(24-9-4-10-26-11-13-29-14-12-26)18-7-8-20-19(16-18)25-23(28)21(30-20)15-17-5-2-1-3-6-17/h1-3,5-8,15-16H,4,9-14H2,(H,24,27)(H,25,28)/b21-15-. The second-order valence-electron chi connectivity index (χ2n) is 7.25. The molecule has 0 bridgehead atoms. The van der Waals surface area contributed by atoms with Crippen LogP contribution < -0.4 is 15.4 Å². The number of nitrogens with zero attached hydrogens (tertiary/aromatic N) is 1. The third-order valence-electron chi connectivity index (χ3n) is 5.07. The van der Waals surface area contributed by atoms with E-state index in [-0.39, 0.29) is 17.6 Å². The highest BCUT2D eigenvalue weighted by Crippen LogP contribution is 2.32. The SMILES string of the molecule is O=C1Nc2cc(C(=O)NCCCN3CCOCC3)ccc2O/C1=C\c1ccccc1. The van der Waals surface area contributed by atoms with Crippen molar-refractivity contribution >= 4 is 23.6 Å². The number of hydrogen-bond acceptors (Lipinski definition) is 5. The Balaban J connectivity index is 1.34. The van der Waals surface area contributed by atoms with Gasteiger partial charge in [0.15, 0.2) is 11.5 Å². The maximum Gasteiger partial charge on any atom is 0.291 e. The summed E-state index contributed by atoms with van der Waals surface area (Å²) in [6, 6.07) is 14.5. The van der Waals surface area contributed by atoms with E-state index in [1.807, 2.05) is 30.3 Å². The highest BCUT2D eigenvalue weighted by atomic mass is 16.5. The summed E-state index contributed by atoms with van der Waals surface area (Å²) in [5.41, 5.74) is 1.85. The fourth-order valence-corrected chi connectivity index (χ4v) is 3.43. The molecular formula is C23H25N3O4. The monoisotopic (exact) mass is 407 g/mol. The van der Waals surface area contributed by atoms with Crippen LogP contribution in [0.15, 0.2) is 54.3 Å². The Kier molecular flexibility index (Phi) is 6.41. The minimum Gasteiger partial charge on any atom is -0.449 e. The van der Waals surface area contributed by atoms with Crippen LogP contribution in [-0.4, -0.2) is 56.1 Å². The van der Waals surface area contributed by atoms with Crippen LogP contribution >= 0.6 is 0 Å². The Labute approximate surface area is 175 Å². The molecule has 0 atom stereocenters. The smallest absolute Gasteiger partial charge is 0.291 e. The molecule has 7 nitrogen and oxygen atoms in total. The van der Waals surface area contributed by atoms with Gasteiger partial charge in [-0.25, -0.2) is 0 Å². The van der Waals surface area contributed by atoms with Gasteiger partial charge in [0.05, 0.1) is 18.9 Å². The lowest BCUT2D eigenvalue weighted by molar-refractivity contribution is -0.115. The number of fused-ring (bicyclic) bond motifs is 1. The van der Waals surface area contributed by atoms with Crippen molar-refractivity contribution in [3.05, 3.63) is 65.4 Å². The highest BCUT2D eigenvalue weighted by molar-refractivity contribution is 6.09. The van der Waals surface area contributed by atoms with Gasteiger partial charge < -0.3 is 20.1 Å². The molecule has 0 unspecified atom stereocenters. The van der Waals surface area contributed by atoms with Crippen LogP contribution in [0.25, 0.3) is 6.08 Å². The molecule has 0 aliphatic carbocycles. The van der Waals surface area contributed by atoms with Gasteiger partial charge in [0, 0.05) is 25.2 Å². The Bertz CT molecular complexity index is 937. The van der Waals surface area contributed by atoms with Crippen LogP contribution in [0.3, 0.4) is 0 Å². The lowest BCUT2D eigenvalue weighted by Gasteiger charge is -2.26. The first kappa shape index (κ1) is 20.1. The molecule has 2 aromatic carbocycles. The second-order valence-corrected chi connectivity index (χ2v) is 7.25. The molecule has 1 saturated heterocycles. The normalized spacial score (nSPS) is 17.7. The molecule has 2 heterocycles. The Morgan fingerprint density at radius 3 is 2.73 bits per heavy atom. The number of ether oxygens (including phenoxy) is 2. The Morgan fingerprint density at radius 1 is 1.13 bits per heavy atom. The van der Waals surface area contributed by atoms with Gasteiger partial charge in [-0.1, -0.05) is 30.3 Å². The van der Waals surface area contributed by atoms with Gasteiger partial charge in [-0.05, 0) is 42.8 Å². The summed E-state index contributed by atoms with van der Waals surface area (Å²) in [6.07, 6.45) is 2.57. The molecule has 1 fully saturated rings. The summed E-state index contributed by atoms with van der Waals surface area (Å²) in [5, 5.41) is 5.74. The van der Waals surface area contributed by atoms with Gasteiger partial charge in [0.2, 0.25) is 0 Å². The number of morpholine rings is 1. The molecule has 2 N–H and O–H groups in total. The number of amides is 2. The van der Waals surface area contributed by atoms with Crippen molar-refractivity contribution in [1.82, 2.24) is 10.2 Å². The topological polar surface area (TPSA) is 79.9 Å². The van der Waals surface area contributed by atoms with Crippen LogP contribution in [0.4, 0.5) is 5.69 Å². The summed E-state index contributed by atoms with van der Waals surface area (Å²) in [7, 11) is 0. The minimum absolute atomic E-state index is 0.167. The van der Waals surface area contributed by atoms with Crippen molar-refractivity contribution in [3.8, 4) is 5.75 Å². The van der Waals surface area contributed by atoms with Crippen LogP contribution in [0.1, 0.15) is 22.3 Å². The molecule has 0 saturated carbocycles. The van der Waals surface area contributed by atoms with Crippen molar-refractivity contribution in [2.45, 2.75) is 6.42 Å². The number of carbonyl (C=O) groups excluding carboxylic acids is 2. The molecule has 2 aliphatic rings. The van der Waals surface area contributed by atoms with E-state index in [9.17, 15) is 9.59 Å². The van der Waals surface area contributed by atoms with E-state index >= 15 is 0 Å². The largest absolute Gasteiger partial charge is 0.449 e. The van der Waals surface area contributed by atoms with Gasteiger partial charge >= 0.3 is 0 Å². The number of benzene rings is 2. The van der Waals surface area contributed by atoms with Gasteiger partial charge in [-0.15, -0.1) is 0 Å². The molecule has 0 aromatic heterocycles. The summed E-state index contributed by atoms with van der Waals surface area (Å²) < 4.78 is 11.1. The van der Waals surface area contributed by atoms with E-state index in [0.29, 0.717) is 23.5 Å². The third-order valence-corrected chi connectivity index (χ3v) is 5.07. The molecule has 4 rings (SSSR count). The first-order chi connectivity index (χ1) is 14.7. The molecule has 30 heavy (non-hydrogen) atoms. The summed E-state index contributed by atoms with van der Waals surface area (Å²) >= 11 is 0. The quantitative estimate of drug-likeness (QED) is 0.568. The molecule has 2 amide bonds. The Morgan fingerprint density at radius 2 is 1.93 bits per heavy atom. The first-order valence-electron chi connectivity index (χ1n) is 10.2. The van der Waals surface area contributed by atoms with Crippen molar-refractivity contribution in [2.75, 3.05) is 44.7 Å². The fraction of sp³-hybridized carbons (Fsp3) is 0.304. The molecule has 0 spiro atoms. The zero-order valence-electron chi connectivity index (χ0n) is 16.7. The maximum atomic E-state index is 12.5. The van der Waals surface area contributed by atoms with E-state index in [1.165, 1.54) is 0 Å². The van der Waals surface area contributed by atoms with Crippen LogP contribution in [0, 0.1) is 0 Å². The van der Waals surface area contributed by atoms with Gasteiger partial charge in [0.25, 0.3) is 11.8 Å². The van der Waals surface area contributed by atoms with E-state index in [4.69, 9.17) is 9.47 Å². The number of hydrogen-bond donors (Lipinski definition) is 2. The highest BCUT2D eigenvalue weighted by Gasteiger charge is 2.23. The lowest BCUT2D eigenvalue weighted by atomic mass is 10.1. The summed E-state index contributed by atoms with van der Waals surface area (Å²) in [6.45, 7) is 4.97. The van der Waals surface area contributed by atoms with E-state index in [2.05, 4.69) is 15.5 Å². The molecule has 0 radical (unpaired) electrons. The van der Waals surface area contributed by atoms with E-state index < -0.39 is 0 Å². The van der Waals surface area contributed by atoms with Crippen molar-refractivity contribution < 1.29 is 19.1 Å². The molecule has 2 aliphatic heterocycles. The van der Waals surface area contributed by atoms with Gasteiger partial charge in [0.1, 0.15) is 0 Å². The minimum atomic E-state index is -0.338. The van der Waals surface area contributed by atoms with Crippen LogP contribution in [-0.2, 0) is 9.53 Å². The van der Waals surface area contributed by atoms with Crippen LogP contribution in [0.5, 0.6) is 5.75 Å². The predicted octanol–water partition coefficient (Wildman–Crippen LogP) is 2.51. The second kappa shape index (κ2) is 9.56. The van der Waals surface area contributed by atoms with Crippen molar-refractivity contribution in [2.24, 2.45) is 0 Å². The van der Waals surface area contributed by atoms with Gasteiger partial charge in [-0.2, -0.15) is 0 Å². The zero-order chi connectivity index (χ0) is 20.8. The summed E-state index contributed by atoms with van der Waals surface area (Å²) in [5.74, 6) is 0.226. The Hall–Kier alpha value is -3.16. The van der Waals surface area contributed by atoms with Crippen LogP contribution in [0.2, 0.25) is 0 Å². The molecule has 7 heteroatoms. The lowest BCUT2D eigenvalue weighted by Crippen LogP contribution is -2.38. The molecular weight excluding hydrogens is 382 g/mol. The third kappa shape index (κ3) is 5.06. The van der Waals surface area contributed by atoms with Crippen molar-refractivity contribution in [1.29, 1.82) is 0 Å². The average molecular weight is 407 g/mol. The van der Waals surface area contributed by atoms with Crippen molar-refractivity contribution in [3.63, 3.8) is 0 Å². The fourth-order valence-electron chi connectivity index (χ4n) is 3.43. The number of carbonyl (C=O) groups is 2. The average Bonchev–Trinajstić information content (AvgIpc) is 2.78. The zero-order valence-corrected chi connectivity index (χ0v) is 16.7. The summed E-state index contributed by atoms with van der Waals surface area (Å²) in [4.78, 5) is 27.2. The van der Waals surface area contributed by atoms with Gasteiger partial charge in [-0.3, -0.25) is 14.5 Å². The maximum absolute atomic E-state index is 12.5. The first-order valence-corrected chi connectivity index (χ1v) is 10.2. The molecule has 2 aromatic rings. The molecule has 156 valence electrons.